The standard InChI is InChI=1S/C13H25NO2S/c1-17(15,16)9-8-12(10-14-13-6-7-13)11-4-2-3-5-11/h11-14H,2-10H2,1H3. The summed E-state index contributed by atoms with van der Waals surface area (Å²) in [5, 5.41) is 3.58. The van der Waals surface area contributed by atoms with Crippen molar-refractivity contribution in [3.05, 3.63) is 0 Å². The lowest BCUT2D eigenvalue weighted by molar-refractivity contribution is 0.314. The van der Waals surface area contributed by atoms with Crippen LogP contribution in [-0.4, -0.2) is 33.0 Å². The molecule has 2 rings (SSSR count). The van der Waals surface area contributed by atoms with E-state index in [4.69, 9.17) is 0 Å². The van der Waals surface area contributed by atoms with Gasteiger partial charge in [-0.2, -0.15) is 0 Å². The van der Waals surface area contributed by atoms with Gasteiger partial charge in [0, 0.05) is 12.3 Å². The highest BCUT2D eigenvalue weighted by Crippen LogP contribution is 2.33. The molecule has 2 aliphatic carbocycles. The van der Waals surface area contributed by atoms with Gasteiger partial charge in [-0.3, -0.25) is 0 Å². The number of sulfone groups is 1. The Balaban J connectivity index is 1.81. The molecule has 1 atom stereocenters. The van der Waals surface area contributed by atoms with Crippen LogP contribution < -0.4 is 5.32 Å². The highest BCUT2D eigenvalue weighted by molar-refractivity contribution is 7.90. The molecule has 2 fully saturated rings. The Hall–Kier alpha value is -0.0900. The third-order valence-corrected chi connectivity index (χ3v) is 5.15. The fraction of sp³-hybridized carbons (Fsp3) is 1.00. The third kappa shape index (κ3) is 4.96. The third-order valence-electron chi connectivity index (χ3n) is 4.17. The van der Waals surface area contributed by atoms with Crippen LogP contribution in [0.1, 0.15) is 44.9 Å². The van der Waals surface area contributed by atoms with Gasteiger partial charge >= 0.3 is 0 Å². The Labute approximate surface area is 105 Å². The van der Waals surface area contributed by atoms with Gasteiger partial charge in [-0.1, -0.05) is 25.7 Å². The zero-order chi connectivity index (χ0) is 12.3. The molecular formula is C13H25NO2S. The van der Waals surface area contributed by atoms with Crippen LogP contribution in [0.4, 0.5) is 0 Å². The SMILES string of the molecule is CS(=O)(=O)CCC(CNC1CC1)C1CCCC1. The first-order chi connectivity index (χ1) is 8.04. The molecule has 0 aromatic rings. The zero-order valence-electron chi connectivity index (χ0n) is 10.8. The smallest absolute Gasteiger partial charge is 0.147 e. The lowest BCUT2D eigenvalue weighted by Crippen LogP contribution is -2.30. The van der Waals surface area contributed by atoms with Gasteiger partial charge in [0.05, 0.1) is 5.75 Å². The van der Waals surface area contributed by atoms with Gasteiger partial charge in [0.15, 0.2) is 0 Å². The van der Waals surface area contributed by atoms with E-state index in [-0.39, 0.29) is 0 Å². The molecule has 0 aromatic heterocycles. The van der Waals surface area contributed by atoms with Crippen LogP contribution in [0, 0.1) is 11.8 Å². The van der Waals surface area contributed by atoms with Crippen molar-refractivity contribution in [1.29, 1.82) is 0 Å². The minimum Gasteiger partial charge on any atom is -0.314 e. The summed E-state index contributed by atoms with van der Waals surface area (Å²) in [5.74, 6) is 1.70. The largest absolute Gasteiger partial charge is 0.314 e. The highest BCUT2D eigenvalue weighted by atomic mass is 32.2. The van der Waals surface area contributed by atoms with Gasteiger partial charge in [-0.25, -0.2) is 8.42 Å². The number of rotatable bonds is 7. The number of nitrogens with one attached hydrogen (secondary N) is 1. The molecule has 0 aromatic carbocycles. The van der Waals surface area contributed by atoms with Gasteiger partial charge in [-0.05, 0) is 37.6 Å². The van der Waals surface area contributed by atoms with E-state index >= 15 is 0 Å². The van der Waals surface area contributed by atoms with Crippen LogP contribution in [0.15, 0.2) is 0 Å². The van der Waals surface area contributed by atoms with Gasteiger partial charge in [0.1, 0.15) is 9.84 Å². The van der Waals surface area contributed by atoms with Crippen molar-refractivity contribution in [2.24, 2.45) is 11.8 Å². The summed E-state index contributed by atoms with van der Waals surface area (Å²) < 4.78 is 22.6. The lowest BCUT2D eigenvalue weighted by Gasteiger charge is -2.23. The van der Waals surface area contributed by atoms with Crippen LogP contribution in [0.25, 0.3) is 0 Å². The molecule has 0 spiro atoms. The van der Waals surface area contributed by atoms with Gasteiger partial charge < -0.3 is 5.32 Å². The Kier molecular flexibility index (Phi) is 4.47. The quantitative estimate of drug-likeness (QED) is 0.760. The van der Waals surface area contributed by atoms with Crippen molar-refractivity contribution in [3.8, 4) is 0 Å². The molecule has 100 valence electrons. The molecule has 4 heteroatoms. The monoisotopic (exact) mass is 259 g/mol. The number of hydrogen-bond donors (Lipinski definition) is 1. The number of hydrogen-bond acceptors (Lipinski definition) is 3. The fourth-order valence-corrected chi connectivity index (χ4v) is 3.64. The molecule has 3 nitrogen and oxygen atoms in total. The van der Waals surface area contributed by atoms with E-state index in [1.807, 2.05) is 0 Å². The second kappa shape index (κ2) is 5.70. The van der Waals surface area contributed by atoms with Crippen molar-refractivity contribution < 1.29 is 8.42 Å². The molecule has 0 aliphatic heterocycles. The summed E-state index contributed by atoms with van der Waals surface area (Å²) in [6.07, 6.45) is 10.1. The van der Waals surface area contributed by atoms with Crippen molar-refractivity contribution in [1.82, 2.24) is 5.32 Å². The highest BCUT2D eigenvalue weighted by Gasteiger charge is 2.28. The zero-order valence-corrected chi connectivity index (χ0v) is 11.6. The molecule has 0 saturated heterocycles. The Bertz CT molecular complexity index is 329. The molecular weight excluding hydrogens is 234 g/mol. The van der Waals surface area contributed by atoms with Crippen molar-refractivity contribution in [3.63, 3.8) is 0 Å². The topological polar surface area (TPSA) is 46.2 Å². The van der Waals surface area contributed by atoms with Crippen molar-refractivity contribution in [2.75, 3.05) is 18.6 Å². The fourth-order valence-electron chi connectivity index (χ4n) is 2.90. The van der Waals surface area contributed by atoms with Crippen molar-refractivity contribution >= 4 is 9.84 Å². The van der Waals surface area contributed by atoms with Crippen molar-refractivity contribution in [2.45, 2.75) is 51.0 Å². The van der Waals surface area contributed by atoms with Gasteiger partial charge in [0.2, 0.25) is 0 Å². The minimum absolute atomic E-state index is 0.362. The van der Waals surface area contributed by atoms with Crippen LogP contribution >= 0.6 is 0 Å². The maximum atomic E-state index is 11.3. The van der Waals surface area contributed by atoms with E-state index in [1.165, 1.54) is 44.8 Å². The molecule has 0 radical (unpaired) electrons. The summed E-state index contributed by atoms with van der Waals surface area (Å²) in [7, 11) is -2.80. The Morgan fingerprint density at radius 1 is 1.18 bits per heavy atom. The molecule has 0 heterocycles. The summed E-state index contributed by atoms with van der Waals surface area (Å²) in [6.45, 7) is 1.03. The van der Waals surface area contributed by atoms with Crippen LogP contribution in [0.3, 0.4) is 0 Å². The first-order valence-electron chi connectivity index (χ1n) is 6.96. The van der Waals surface area contributed by atoms with Gasteiger partial charge in [0.25, 0.3) is 0 Å². The maximum absolute atomic E-state index is 11.3. The first-order valence-corrected chi connectivity index (χ1v) is 9.02. The van der Waals surface area contributed by atoms with Crippen LogP contribution in [-0.2, 0) is 9.84 Å². The van der Waals surface area contributed by atoms with E-state index in [0.29, 0.717) is 11.7 Å². The summed E-state index contributed by atoms with van der Waals surface area (Å²) >= 11 is 0. The van der Waals surface area contributed by atoms with E-state index in [2.05, 4.69) is 5.32 Å². The van der Waals surface area contributed by atoms with E-state index in [0.717, 1.165) is 24.9 Å². The predicted octanol–water partition coefficient (Wildman–Crippen LogP) is 1.98. The summed E-state index contributed by atoms with van der Waals surface area (Å²) in [5.41, 5.74) is 0. The lowest BCUT2D eigenvalue weighted by atomic mass is 9.88. The molecule has 0 amide bonds. The predicted molar refractivity (Wildman–Crippen MR) is 70.8 cm³/mol. The van der Waals surface area contributed by atoms with Crippen LogP contribution in [0.2, 0.25) is 0 Å². The second-order valence-electron chi connectivity index (χ2n) is 5.91. The second-order valence-corrected chi connectivity index (χ2v) is 8.17. The first kappa shape index (κ1) is 13.3. The molecule has 17 heavy (non-hydrogen) atoms. The average Bonchev–Trinajstić information content (AvgIpc) is 2.90. The molecule has 2 aliphatic rings. The molecule has 2 saturated carbocycles. The molecule has 1 unspecified atom stereocenters. The maximum Gasteiger partial charge on any atom is 0.147 e. The van der Waals surface area contributed by atoms with E-state index < -0.39 is 9.84 Å². The average molecular weight is 259 g/mol. The van der Waals surface area contributed by atoms with E-state index in [1.54, 1.807) is 0 Å². The molecule has 1 N–H and O–H groups in total. The summed E-state index contributed by atoms with van der Waals surface area (Å²) in [6, 6.07) is 0.733. The normalized spacial score (nSPS) is 24.1. The van der Waals surface area contributed by atoms with E-state index in [9.17, 15) is 8.42 Å². The Morgan fingerprint density at radius 3 is 2.35 bits per heavy atom. The van der Waals surface area contributed by atoms with Gasteiger partial charge in [-0.15, -0.1) is 0 Å². The van der Waals surface area contributed by atoms with Crippen LogP contribution in [0.5, 0.6) is 0 Å². The molecule has 0 bridgehead atoms. The summed E-state index contributed by atoms with van der Waals surface area (Å²) in [4.78, 5) is 0. The Morgan fingerprint density at radius 2 is 1.82 bits per heavy atom. The minimum atomic E-state index is -2.80.